The summed E-state index contributed by atoms with van der Waals surface area (Å²) < 4.78 is 0. The van der Waals surface area contributed by atoms with Gasteiger partial charge in [-0.05, 0) is 44.0 Å². The normalized spacial score (nSPS) is 28.2. The third kappa shape index (κ3) is 2.04. The van der Waals surface area contributed by atoms with Crippen molar-refractivity contribution in [2.24, 2.45) is 5.41 Å². The Labute approximate surface area is 108 Å². The Kier molecular flexibility index (Phi) is 2.80. The molecule has 2 aliphatic heterocycles. The SMILES string of the molecule is Cc1ccc(Cl)cc1N1CCC2(CCNC2)C1. The summed E-state index contributed by atoms with van der Waals surface area (Å²) in [5.74, 6) is 0. The number of nitrogens with zero attached hydrogens (tertiary/aromatic N) is 1. The van der Waals surface area contributed by atoms with E-state index in [0.29, 0.717) is 5.41 Å². The van der Waals surface area contributed by atoms with Crippen molar-refractivity contribution in [2.45, 2.75) is 19.8 Å². The molecule has 3 heteroatoms. The first-order chi connectivity index (χ1) is 8.19. The monoisotopic (exact) mass is 250 g/mol. The number of nitrogens with one attached hydrogen (secondary N) is 1. The van der Waals surface area contributed by atoms with Crippen LogP contribution in [0.2, 0.25) is 5.02 Å². The smallest absolute Gasteiger partial charge is 0.0426 e. The maximum Gasteiger partial charge on any atom is 0.0426 e. The molecule has 0 aliphatic carbocycles. The minimum atomic E-state index is 0.523. The summed E-state index contributed by atoms with van der Waals surface area (Å²) in [6.07, 6.45) is 2.63. The molecule has 0 radical (unpaired) electrons. The molecule has 2 heterocycles. The molecule has 3 rings (SSSR count). The molecule has 2 nitrogen and oxygen atoms in total. The van der Waals surface area contributed by atoms with E-state index in [9.17, 15) is 0 Å². The highest BCUT2D eigenvalue weighted by Crippen LogP contribution is 2.39. The van der Waals surface area contributed by atoms with Crippen molar-refractivity contribution in [3.8, 4) is 0 Å². The molecule has 2 saturated heterocycles. The largest absolute Gasteiger partial charge is 0.371 e. The highest BCUT2D eigenvalue weighted by Gasteiger charge is 2.40. The lowest BCUT2D eigenvalue weighted by molar-refractivity contribution is 0.369. The molecule has 1 spiro atoms. The van der Waals surface area contributed by atoms with E-state index in [1.54, 1.807) is 0 Å². The summed E-state index contributed by atoms with van der Waals surface area (Å²) in [4.78, 5) is 2.51. The van der Waals surface area contributed by atoms with Crippen molar-refractivity contribution in [1.29, 1.82) is 0 Å². The van der Waals surface area contributed by atoms with Crippen molar-refractivity contribution >= 4 is 17.3 Å². The second-order valence-corrected chi connectivity index (χ2v) is 5.97. The summed E-state index contributed by atoms with van der Waals surface area (Å²) in [5.41, 5.74) is 3.17. The third-order valence-corrected chi connectivity index (χ3v) is 4.52. The zero-order chi connectivity index (χ0) is 11.9. The average molecular weight is 251 g/mol. The van der Waals surface area contributed by atoms with Crippen molar-refractivity contribution in [3.05, 3.63) is 28.8 Å². The van der Waals surface area contributed by atoms with Crippen LogP contribution in [0.15, 0.2) is 18.2 Å². The number of hydrogen-bond donors (Lipinski definition) is 1. The van der Waals surface area contributed by atoms with Crippen LogP contribution < -0.4 is 10.2 Å². The van der Waals surface area contributed by atoms with Crippen LogP contribution in [0.4, 0.5) is 5.69 Å². The third-order valence-electron chi connectivity index (χ3n) is 4.28. The van der Waals surface area contributed by atoms with Crippen LogP contribution >= 0.6 is 11.6 Å². The maximum atomic E-state index is 6.11. The predicted molar refractivity (Wildman–Crippen MR) is 72.9 cm³/mol. The predicted octanol–water partition coefficient (Wildman–Crippen LogP) is 2.84. The first kappa shape index (κ1) is 11.4. The van der Waals surface area contributed by atoms with Gasteiger partial charge in [0.2, 0.25) is 0 Å². The van der Waals surface area contributed by atoms with Crippen LogP contribution in [0.1, 0.15) is 18.4 Å². The average Bonchev–Trinajstić information content (AvgIpc) is 2.94. The first-order valence-electron chi connectivity index (χ1n) is 6.40. The molecule has 1 atom stereocenters. The van der Waals surface area contributed by atoms with E-state index in [2.05, 4.69) is 29.3 Å². The molecular weight excluding hydrogens is 232 g/mol. The van der Waals surface area contributed by atoms with Gasteiger partial charge in [-0.25, -0.2) is 0 Å². The summed E-state index contributed by atoms with van der Waals surface area (Å²) in [7, 11) is 0. The molecule has 0 saturated carbocycles. The van der Waals surface area contributed by atoms with E-state index in [1.807, 2.05) is 6.07 Å². The summed E-state index contributed by atoms with van der Waals surface area (Å²) >= 11 is 6.11. The van der Waals surface area contributed by atoms with Crippen molar-refractivity contribution in [3.63, 3.8) is 0 Å². The van der Waals surface area contributed by atoms with Crippen LogP contribution in [-0.4, -0.2) is 26.2 Å². The van der Waals surface area contributed by atoms with Crippen LogP contribution in [0.3, 0.4) is 0 Å². The van der Waals surface area contributed by atoms with Gasteiger partial charge in [-0.1, -0.05) is 17.7 Å². The molecular formula is C14H19ClN2. The Bertz CT molecular complexity index is 424. The summed E-state index contributed by atoms with van der Waals surface area (Å²) in [6, 6.07) is 6.21. The van der Waals surface area contributed by atoms with Gasteiger partial charge in [0.25, 0.3) is 0 Å². The molecule has 1 N–H and O–H groups in total. The van der Waals surface area contributed by atoms with Crippen molar-refractivity contribution in [1.82, 2.24) is 5.32 Å². The van der Waals surface area contributed by atoms with Crippen molar-refractivity contribution in [2.75, 3.05) is 31.1 Å². The Morgan fingerprint density at radius 2 is 2.24 bits per heavy atom. The van der Waals surface area contributed by atoms with Gasteiger partial charge in [-0.3, -0.25) is 0 Å². The first-order valence-corrected chi connectivity index (χ1v) is 6.78. The molecule has 0 amide bonds. The fraction of sp³-hybridized carbons (Fsp3) is 0.571. The van der Waals surface area contributed by atoms with Gasteiger partial charge in [0.05, 0.1) is 0 Å². The topological polar surface area (TPSA) is 15.3 Å². The van der Waals surface area contributed by atoms with Crippen LogP contribution in [0.25, 0.3) is 0 Å². The fourth-order valence-corrected chi connectivity index (χ4v) is 3.37. The molecule has 17 heavy (non-hydrogen) atoms. The second-order valence-electron chi connectivity index (χ2n) is 5.53. The molecule has 92 valence electrons. The summed E-state index contributed by atoms with van der Waals surface area (Å²) in [5, 5.41) is 4.34. The minimum Gasteiger partial charge on any atom is -0.371 e. The van der Waals surface area contributed by atoms with Crippen LogP contribution in [0.5, 0.6) is 0 Å². The molecule has 2 aliphatic rings. The van der Waals surface area contributed by atoms with E-state index in [-0.39, 0.29) is 0 Å². The Hall–Kier alpha value is -0.730. The molecule has 1 aromatic carbocycles. The zero-order valence-electron chi connectivity index (χ0n) is 10.3. The lowest BCUT2D eigenvalue weighted by atomic mass is 9.86. The van der Waals surface area contributed by atoms with Gasteiger partial charge >= 0.3 is 0 Å². The van der Waals surface area contributed by atoms with E-state index in [0.717, 1.165) is 5.02 Å². The Morgan fingerprint density at radius 3 is 3.00 bits per heavy atom. The van der Waals surface area contributed by atoms with Crippen molar-refractivity contribution < 1.29 is 0 Å². The number of hydrogen-bond acceptors (Lipinski definition) is 2. The number of halogens is 1. The number of aryl methyl sites for hydroxylation is 1. The van der Waals surface area contributed by atoms with Gasteiger partial charge in [0.15, 0.2) is 0 Å². The Morgan fingerprint density at radius 1 is 1.35 bits per heavy atom. The number of benzene rings is 1. The van der Waals surface area contributed by atoms with Gasteiger partial charge in [0, 0.05) is 35.8 Å². The molecule has 0 aromatic heterocycles. The Balaban J connectivity index is 1.84. The highest BCUT2D eigenvalue weighted by atomic mass is 35.5. The number of anilines is 1. The minimum absolute atomic E-state index is 0.523. The highest BCUT2D eigenvalue weighted by molar-refractivity contribution is 6.30. The standard InChI is InChI=1S/C14H19ClN2/c1-11-2-3-12(15)8-13(11)17-7-5-14(10-17)4-6-16-9-14/h2-3,8,16H,4-7,9-10H2,1H3. The van der Waals surface area contributed by atoms with Gasteiger partial charge in [-0.15, -0.1) is 0 Å². The quantitative estimate of drug-likeness (QED) is 0.825. The van der Waals surface area contributed by atoms with E-state index < -0.39 is 0 Å². The lowest BCUT2D eigenvalue weighted by Crippen LogP contribution is -2.29. The zero-order valence-corrected chi connectivity index (χ0v) is 11.1. The molecule has 0 bridgehead atoms. The van der Waals surface area contributed by atoms with E-state index in [1.165, 1.54) is 50.3 Å². The van der Waals surface area contributed by atoms with Gasteiger partial charge in [-0.2, -0.15) is 0 Å². The molecule has 1 unspecified atom stereocenters. The maximum absolute atomic E-state index is 6.11. The van der Waals surface area contributed by atoms with Crippen LogP contribution in [0, 0.1) is 12.3 Å². The summed E-state index contributed by atoms with van der Waals surface area (Å²) in [6.45, 7) is 6.89. The molecule has 2 fully saturated rings. The number of rotatable bonds is 1. The van der Waals surface area contributed by atoms with E-state index >= 15 is 0 Å². The molecule has 1 aromatic rings. The van der Waals surface area contributed by atoms with E-state index in [4.69, 9.17) is 11.6 Å². The fourth-order valence-electron chi connectivity index (χ4n) is 3.21. The van der Waals surface area contributed by atoms with Crippen LogP contribution in [-0.2, 0) is 0 Å². The lowest BCUT2D eigenvalue weighted by Gasteiger charge is -2.25. The van der Waals surface area contributed by atoms with Gasteiger partial charge < -0.3 is 10.2 Å². The van der Waals surface area contributed by atoms with Gasteiger partial charge in [0.1, 0.15) is 0 Å². The second kappa shape index (κ2) is 4.18.